The number of rotatable bonds is 6. The molecule has 2 aliphatic rings. The summed E-state index contributed by atoms with van der Waals surface area (Å²) in [6.07, 6.45) is 0. The maximum atomic E-state index is 6.73. The second-order valence-electron chi connectivity index (χ2n) is 16.9. The molecule has 0 atom stereocenters. The van der Waals surface area contributed by atoms with Gasteiger partial charge >= 0.3 is 0 Å². The van der Waals surface area contributed by atoms with E-state index in [2.05, 4.69) is 223 Å². The number of anilines is 3. The molecule has 0 aliphatic carbocycles. The lowest BCUT2D eigenvalue weighted by Crippen LogP contribution is -2.20. The van der Waals surface area contributed by atoms with Crippen molar-refractivity contribution in [3.05, 3.63) is 237 Å². The summed E-state index contributed by atoms with van der Waals surface area (Å²) in [5.41, 5.74) is 16.8. The van der Waals surface area contributed by atoms with E-state index in [0.717, 1.165) is 73.4 Å². The molecule has 3 heteroatoms. The van der Waals surface area contributed by atoms with Crippen LogP contribution in [0.2, 0.25) is 0 Å². The molecule has 2 aliphatic heterocycles. The van der Waals surface area contributed by atoms with Crippen LogP contribution in [0.15, 0.2) is 237 Å². The van der Waals surface area contributed by atoms with Gasteiger partial charge in [0.1, 0.15) is 5.69 Å². The Morgan fingerprint density at radius 2 is 0.585 bits per heavy atom. The van der Waals surface area contributed by atoms with Gasteiger partial charge in [-0.05, 0) is 137 Å². The van der Waals surface area contributed by atoms with Gasteiger partial charge < -0.3 is 9.47 Å². The predicted molar refractivity (Wildman–Crippen MR) is 269 cm³/mol. The normalized spacial score (nSPS) is 12.2. The Kier molecular flexibility index (Phi) is 8.53. The maximum Gasteiger partial charge on any atom is 0.155 e. The van der Waals surface area contributed by atoms with Gasteiger partial charge in [0, 0.05) is 0 Å². The van der Waals surface area contributed by atoms with E-state index in [0.29, 0.717) is 0 Å². The van der Waals surface area contributed by atoms with Crippen molar-refractivity contribution in [2.24, 2.45) is 0 Å². The summed E-state index contributed by atoms with van der Waals surface area (Å²) in [5, 5.41) is 4.99. The van der Waals surface area contributed by atoms with Gasteiger partial charge in [0.25, 0.3) is 0 Å². The Morgan fingerprint density at radius 1 is 0.231 bits per heavy atom. The predicted octanol–water partition coefficient (Wildman–Crippen LogP) is 17.7. The summed E-state index contributed by atoms with van der Waals surface area (Å²) in [5.74, 6) is 3.11. The average molecular weight is 830 g/mol. The molecular weight excluding hydrogens is 791 g/mol. The summed E-state index contributed by atoms with van der Waals surface area (Å²) in [4.78, 5) is 2.30. The topological polar surface area (TPSA) is 21.7 Å². The fraction of sp³-hybridized carbons (Fsp3) is 0. The summed E-state index contributed by atoms with van der Waals surface area (Å²) >= 11 is 0. The van der Waals surface area contributed by atoms with Crippen LogP contribution < -0.4 is 14.4 Å². The van der Waals surface area contributed by atoms with E-state index in [1.165, 1.54) is 54.9 Å². The lowest BCUT2D eigenvalue weighted by Gasteiger charge is -2.38. The lowest BCUT2D eigenvalue weighted by molar-refractivity contribution is 0.446. The Hall–Kier alpha value is -8.66. The second kappa shape index (κ2) is 15.0. The summed E-state index contributed by atoms with van der Waals surface area (Å²) in [6, 6.07) is 84.7. The zero-order valence-electron chi connectivity index (χ0n) is 35.3. The number of ether oxygens (including phenoxy) is 2. The minimum absolute atomic E-state index is 0.761. The van der Waals surface area contributed by atoms with Crippen molar-refractivity contribution < 1.29 is 9.47 Å². The van der Waals surface area contributed by atoms with Crippen molar-refractivity contribution in [3.8, 4) is 89.8 Å². The van der Waals surface area contributed by atoms with Crippen molar-refractivity contribution in [1.29, 1.82) is 0 Å². The van der Waals surface area contributed by atoms with E-state index in [1.807, 2.05) is 18.2 Å². The van der Waals surface area contributed by atoms with Crippen LogP contribution in [0.3, 0.4) is 0 Å². The minimum atomic E-state index is 0.761. The van der Waals surface area contributed by atoms with Gasteiger partial charge in [-0.25, -0.2) is 0 Å². The zero-order valence-corrected chi connectivity index (χ0v) is 35.3. The van der Waals surface area contributed by atoms with E-state index >= 15 is 0 Å². The third-order valence-electron chi connectivity index (χ3n) is 13.1. The summed E-state index contributed by atoms with van der Waals surface area (Å²) in [7, 11) is 0. The molecule has 0 unspecified atom stereocenters. The van der Waals surface area contributed by atoms with Gasteiger partial charge in [-0.1, -0.05) is 188 Å². The number of nitrogens with zero attached hydrogens (tertiary/aromatic N) is 1. The number of hydrogen-bond acceptors (Lipinski definition) is 3. The average Bonchev–Trinajstić information content (AvgIpc) is 3.38. The van der Waals surface area contributed by atoms with Crippen LogP contribution in [0.1, 0.15) is 0 Å². The second-order valence-corrected chi connectivity index (χ2v) is 16.9. The number of para-hydroxylation sites is 1. The van der Waals surface area contributed by atoms with Crippen LogP contribution in [0.25, 0.3) is 88.3 Å². The van der Waals surface area contributed by atoms with E-state index in [9.17, 15) is 0 Å². The third kappa shape index (κ3) is 6.36. The first-order valence-electron chi connectivity index (χ1n) is 22.1. The monoisotopic (exact) mass is 829 g/mol. The van der Waals surface area contributed by atoms with E-state index in [4.69, 9.17) is 9.47 Å². The molecule has 11 aromatic carbocycles. The minimum Gasteiger partial charge on any atom is -0.453 e. The van der Waals surface area contributed by atoms with Gasteiger partial charge in [-0.2, -0.15) is 0 Å². The molecule has 0 saturated carbocycles. The highest BCUT2D eigenvalue weighted by Gasteiger charge is 2.35. The Labute approximate surface area is 377 Å². The largest absolute Gasteiger partial charge is 0.453 e. The Bertz CT molecular complexity index is 3420. The Morgan fingerprint density at radius 3 is 1.03 bits per heavy atom. The molecule has 0 N–H and O–H groups in total. The van der Waals surface area contributed by atoms with Gasteiger partial charge in [-0.15, -0.1) is 0 Å². The first-order chi connectivity index (χ1) is 32.2. The molecule has 0 radical (unpaired) electrons. The first-order valence-corrected chi connectivity index (χ1v) is 22.1. The van der Waals surface area contributed by atoms with E-state index in [-0.39, 0.29) is 0 Å². The molecule has 3 nitrogen and oxygen atoms in total. The quantitative estimate of drug-likeness (QED) is 0.167. The van der Waals surface area contributed by atoms with Crippen molar-refractivity contribution in [2.45, 2.75) is 0 Å². The highest BCUT2D eigenvalue weighted by molar-refractivity contribution is 5.97. The highest BCUT2D eigenvalue weighted by Crippen LogP contribution is 2.60. The summed E-state index contributed by atoms with van der Waals surface area (Å²) < 4.78 is 13.5. The smallest absolute Gasteiger partial charge is 0.155 e. The third-order valence-corrected chi connectivity index (χ3v) is 13.1. The van der Waals surface area contributed by atoms with E-state index < -0.39 is 0 Å². The number of hydrogen-bond donors (Lipinski definition) is 0. The van der Waals surface area contributed by atoms with Crippen LogP contribution >= 0.6 is 0 Å². The fourth-order valence-corrected chi connectivity index (χ4v) is 9.79. The van der Waals surface area contributed by atoms with Crippen LogP contribution in [0, 0.1) is 0 Å². The van der Waals surface area contributed by atoms with Crippen LogP contribution in [0.5, 0.6) is 23.0 Å². The molecule has 304 valence electrons. The van der Waals surface area contributed by atoms with Crippen LogP contribution in [-0.4, -0.2) is 0 Å². The lowest BCUT2D eigenvalue weighted by atomic mass is 9.92. The fourth-order valence-electron chi connectivity index (χ4n) is 9.79. The van der Waals surface area contributed by atoms with E-state index in [1.54, 1.807) is 0 Å². The molecular formula is C62H39NO2. The SMILES string of the molecule is c1cc2c3c(c1)Oc1cc(-c4ccccc4-c4ccc(-c5ccc6ccccc6c5)cc4)ccc1N3c1ccc(-c3ccccc3-c3ccc(-c4ccc5ccccc5c4)cc3)cc1O2. The molecule has 11 aromatic rings. The molecule has 0 saturated heterocycles. The van der Waals surface area contributed by atoms with Crippen molar-refractivity contribution in [2.75, 3.05) is 4.90 Å². The van der Waals surface area contributed by atoms with Crippen molar-refractivity contribution in [3.63, 3.8) is 0 Å². The standard InChI is InChI=1S/C62H39NO2/c1-3-12-46-36-48(30-24-40(46)10-1)42-20-26-44(27-21-42)52-14-5-7-16-54(52)50-32-34-56-60(38-50)64-58-18-9-19-59-62(58)63(56)57-35-33-51(39-61(57)65-59)55-17-8-6-15-53(55)45-28-22-43(23-29-45)49-31-25-41-11-2-4-13-47(41)37-49/h1-39H. The first kappa shape index (κ1) is 36.9. The Balaban J connectivity index is 0.826. The number of fused-ring (bicyclic) bond motifs is 6. The highest BCUT2D eigenvalue weighted by atomic mass is 16.5. The molecule has 0 fully saturated rings. The van der Waals surface area contributed by atoms with Gasteiger partial charge in [0.2, 0.25) is 0 Å². The molecule has 13 rings (SSSR count). The van der Waals surface area contributed by atoms with Crippen molar-refractivity contribution >= 4 is 38.6 Å². The molecule has 0 aromatic heterocycles. The van der Waals surface area contributed by atoms with Crippen LogP contribution in [0.4, 0.5) is 17.1 Å². The molecule has 0 bridgehead atoms. The molecule has 2 heterocycles. The van der Waals surface area contributed by atoms with Gasteiger partial charge in [0.05, 0.1) is 11.4 Å². The maximum absolute atomic E-state index is 6.73. The summed E-state index contributed by atoms with van der Waals surface area (Å²) in [6.45, 7) is 0. The zero-order chi connectivity index (χ0) is 42.8. The number of benzene rings is 11. The van der Waals surface area contributed by atoms with Gasteiger partial charge in [0.15, 0.2) is 23.0 Å². The molecule has 0 spiro atoms. The van der Waals surface area contributed by atoms with Crippen LogP contribution in [-0.2, 0) is 0 Å². The molecule has 65 heavy (non-hydrogen) atoms. The molecule has 0 amide bonds. The van der Waals surface area contributed by atoms with Crippen molar-refractivity contribution in [1.82, 2.24) is 0 Å². The van der Waals surface area contributed by atoms with Gasteiger partial charge in [-0.3, -0.25) is 4.90 Å².